The molecule has 7 aromatic carbocycles. The summed E-state index contributed by atoms with van der Waals surface area (Å²) in [5.41, 5.74) is 5.50. The van der Waals surface area contributed by atoms with Crippen LogP contribution in [-0.2, 0) is 0 Å². The molecule has 52 heavy (non-hydrogen) atoms. The highest BCUT2D eigenvalue weighted by atomic mass is 16.5. The predicted octanol–water partition coefficient (Wildman–Crippen LogP) is 11.4. The van der Waals surface area contributed by atoms with E-state index in [-0.39, 0.29) is 10.9 Å². The number of anilines is 6. The summed E-state index contributed by atoms with van der Waals surface area (Å²) in [6.07, 6.45) is 0. The number of benzene rings is 7. The van der Waals surface area contributed by atoms with Gasteiger partial charge in [-0.2, -0.15) is 0 Å². The molecule has 0 saturated carbocycles. The summed E-state index contributed by atoms with van der Waals surface area (Å²) in [4.78, 5) is 32.6. The summed E-state index contributed by atoms with van der Waals surface area (Å²) in [6.45, 7) is 0. The number of rotatable bonds is 2. The molecule has 0 spiro atoms. The molecular weight excluding hydrogens is 652 g/mol. The third-order valence-electron chi connectivity index (χ3n) is 9.82. The average Bonchev–Trinajstić information content (AvgIpc) is 3.18. The van der Waals surface area contributed by atoms with Gasteiger partial charge in [-0.05, 0) is 78.9 Å². The van der Waals surface area contributed by atoms with Crippen molar-refractivity contribution in [3.05, 3.63) is 166 Å². The van der Waals surface area contributed by atoms with Gasteiger partial charge in [0, 0.05) is 6.07 Å². The largest absolute Gasteiger partial charge is 0.453 e. The van der Waals surface area contributed by atoms with Gasteiger partial charge < -0.3 is 18.3 Å². The van der Waals surface area contributed by atoms with E-state index in [0.29, 0.717) is 78.2 Å². The van der Waals surface area contributed by atoms with E-state index in [0.717, 1.165) is 22.7 Å². The molecule has 0 atom stereocenters. The van der Waals surface area contributed by atoms with Gasteiger partial charge in [-0.25, -0.2) is 0 Å². The van der Waals surface area contributed by atoms with E-state index >= 15 is 0 Å². The number of hydrogen-bond acceptors (Lipinski definition) is 8. The Kier molecular flexibility index (Phi) is 5.81. The maximum Gasteiger partial charge on any atom is 0.200 e. The lowest BCUT2D eigenvalue weighted by Crippen LogP contribution is -2.17. The van der Waals surface area contributed by atoms with Crippen molar-refractivity contribution in [1.29, 1.82) is 0 Å². The van der Waals surface area contributed by atoms with Crippen LogP contribution in [-0.4, -0.2) is 0 Å². The van der Waals surface area contributed by atoms with Crippen LogP contribution in [0.5, 0.6) is 23.0 Å². The molecule has 0 unspecified atom stereocenters. The van der Waals surface area contributed by atoms with Crippen LogP contribution >= 0.6 is 0 Å². The fourth-order valence-electron chi connectivity index (χ4n) is 7.50. The zero-order chi connectivity index (χ0) is 34.5. The van der Waals surface area contributed by atoms with Crippen LogP contribution in [0.15, 0.2) is 164 Å². The minimum Gasteiger partial charge on any atom is -0.453 e. The van der Waals surface area contributed by atoms with Crippen LogP contribution in [0.25, 0.3) is 43.9 Å². The lowest BCUT2D eigenvalue weighted by molar-refractivity contribution is 0.476. The van der Waals surface area contributed by atoms with Gasteiger partial charge in [0.1, 0.15) is 11.2 Å². The second kappa shape index (κ2) is 10.6. The van der Waals surface area contributed by atoms with Gasteiger partial charge in [0.25, 0.3) is 0 Å². The first-order valence-corrected chi connectivity index (χ1v) is 16.8. The fourth-order valence-corrected chi connectivity index (χ4v) is 7.50. The number of para-hydroxylation sites is 10. The SMILES string of the molecule is O=c1c2cc3c(=O)c4cccc(N5c6ccccc6Oc6ccccc65)c4oc3cc2oc2c(N3c4ccccc4Oc4ccccc43)cccc12. The van der Waals surface area contributed by atoms with Gasteiger partial charge in [0.05, 0.1) is 55.7 Å². The predicted molar refractivity (Wildman–Crippen MR) is 203 cm³/mol. The zero-order valence-corrected chi connectivity index (χ0v) is 27.2. The van der Waals surface area contributed by atoms with Crippen LogP contribution in [0, 0.1) is 0 Å². The maximum absolute atomic E-state index is 14.3. The minimum atomic E-state index is -0.246. The first kappa shape index (κ1) is 28.5. The summed E-state index contributed by atoms with van der Waals surface area (Å²) >= 11 is 0. The number of nitrogens with zero attached hydrogens (tertiary/aromatic N) is 2. The molecule has 9 aromatic rings. The summed E-state index contributed by atoms with van der Waals surface area (Å²) in [7, 11) is 0. The van der Waals surface area contributed by atoms with Crippen molar-refractivity contribution in [3.63, 3.8) is 0 Å². The minimum absolute atomic E-state index is 0.246. The summed E-state index contributed by atoms with van der Waals surface area (Å²) in [5, 5.41) is 1.36. The zero-order valence-electron chi connectivity index (χ0n) is 27.2. The van der Waals surface area contributed by atoms with Crippen LogP contribution in [0.4, 0.5) is 34.1 Å². The first-order chi connectivity index (χ1) is 25.6. The van der Waals surface area contributed by atoms with E-state index in [4.69, 9.17) is 18.3 Å². The highest BCUT2D eigenvalue weighted by Gasteiger charge is 2.30. The molecule has 0 bridgehead atoms. The van der Waals surface area contributed by atoms with Crippen LogP contribution in [0.1, 0.15) is 0 Å². The summed E-state index contributed by atoms with van der Waals surface area (Å²) < 4.78 is 25.8. The van der Waals surface area contributed by atoms with Gasteiger partial charge in [0.15, 0.2) is 34.2 Å². The lowest BCUT2D eigenvalue weighted by atomic mass is 10.0. The molecule has 2 aliphatic rings. The fraction of sp³-hybridized carbons (Fsp3) is 0. The molecule has 0 fully saturated rings. The van der Waals surface area contributed by atoms with E-state index in [1.165, 1.54) is 0 Å². The topological polar surface area (TPSA) is 85.4 Å². The molecule has 8 heteroatoms. The van der Waals surface area contributed by atoms with Crippen molar-refractivity contribution in [3.8, 4) is 23.0 Å². The first-order valence-electron chi connectivity index (χ1n) is 16.8. The van der Waals surface area contributed by atoms with E-state index in [9.17, 15) is 9.59 Å². The van der Waals surface area contributed by atoms with Crippen molar-refractivity contribution in [2.24, 2.45) is 0 Å². The molecule has 2 aliphatic heterocycles. The smallest absolute Gasteiger partial charge is 0.200 e. The van der Waals surface area contributed by atoms with Crippen molar-refractivity contribution in [1.82, 2.24) is 0 Å². The quantitative estimate of drug-likeness (QED) is 0.167. The highest BCUT2D eigenvalue weighted by molar-refractivity contribution is 6.06. The summed E-state index contributed by atoms with van der Waals surface area (Å²) in [5.74, 6) is 2.73. The number of hydrogen-bond donors (Lipinski definition) is 0. The standard InChI is InChI=1S/C44H24N2O6/c47-41-25-11-9-17-33(45-29-13-1-5-19-35(29)49-36-20-6-2-14-30(36)45)43(25)51-39-24-40-28(23-27(39)41)42(48)26-12-10-18-34(44(26)52-40)46-31-15-3-7-21-37(31)50-38-22-8-4-16-32(38)46/h1-24H. The third-order valence-corrected chi connectivity index (χ3v) is 9.82. The van der Waals surface area contributed by atoms with Crippen LogP contribution in [0.3, 0.4) is 0 Å². The molecule has 11 rings (SSSR count). The number of ether oxygens (including phenoxy) is 2. The Hall–Kier alpha value is -7.32. The van der Waals surface area contributed by atoms with Crippen molar-refractivity contribution >= 4 is 78.0 Å². The second-order valence-corrected chi connectivity index (χ2v) is 12.8. The Balaban J connectivity index is 1.16. The average molecular weight is 677 g/mol. The molecule has 8 nitrogen and oxygen atoms in total. The second-order valence-electron chi connectivity index (χ2n) is 12.8. The molecule has 0 radical (unpaired) electrons. The van der Waals surface area contributed by atoms with Gasteiger partial charge in [-0.15, -0.1) is 0 Å². The lowest BCUT2D eigenvalue weighted by Gasteiger charge is -2.33. The van der Waals surface area contributed by atoms with E-state index in [2.05, 4.69) is 0 Å². The number of fused-ring (bicyclic) bond motifs is 8. The Labute approximate surface area is 294 Å². The Morgan fingerprint density at radius 1 is 0.346 bits per heavy atom. The Morgan fingerprint density at radius 2 is 0.692 bits per heavy atom. The van der Waals surface area contributed by atoms with Crippen LogP contribution in [0.2, 0.25) is 0 Å². The van der Waals surface area contributed by atoms with Gasteiger partial charge in [-0.3, -0.25) is 19.4 Å². The Bertz CT molecular complexity index is 2810. The highest BCUT2D eigenvalue weighted by Crippen LogP contribution is 2.53. The molecule has 0 N–H and O–H groups in total. The van der Waals surface area contributed by atoms with Crippen molar-refractivity contribution in [2.45, 2.75) is 0 Å². The normalized spacial score (nSPS) is 13.0. The molecule has 0 aliphatic carbocycles. The van der Waals surface area contributed by atoms with Crippen molar-refractivity contribution in [2.75, 3.05) is 9.80 Å². The molecule has 4 heterocycles. The molecule has 2 aromatic heterocycles. The molecule has 246 valence electrons. The van der Waals surface area contributed by atoms with E-state index < -0.39 is 0 Å². The van der Waals surface area contributed by atoms with Gasteiger partial charge in [-0.1, -0.05) is 60.7 Å². The molecule has 0 saturated heterocycles. The molecular formula is C44H24N2O6. The third kappa shape index (κ3) is 3.97. The monoisotopic (exact) mass is 676 g/mol. The van der Waals surface area contributed by atoms with Crippen LogP contribution < -0.4 is 30.1 Å². The van der Waals surface area contributed by atoms with E-state index in [1.807, 2.05) is 131 Å². The molecule has 0 amide bonds. The Morgan fingerprint density at radius 3 is 1.08 bits per heavy atom. The van der Waals surface area contributed by atoms with E-state index in [1.54, 1.807) is 24.3 Å². The maximum atomic E-state index is 14.3. The van der Waals surface area contributed by atoms with Crippen molar-refractivity contribution < 1.29 is 18.3 Å². The summed E-state index contributed by atoms with van der Waals surface area (Å²) in [6, 6.07) is 45.3. The van der Waals surface area contributed by atoms with Gasteiger partial charge >= 0.3 is 0 Å². The van der Waals surface area contributed by atoms with Gasteiger partial charge in [0.2, 0.25) is 10.9 Å².